The second-order valence-corrected chi connectivity index (χ2v) is 17.0. The normalized spacial score (nSPS) is 12.0. The average Bonchev–Trinajstić information content (AvgIpc) is 3.64. The molecule has 2 heterocycles. The summed E-state index contributed by atoms with van der Waals surface area (Å²) in [7, 11) is 0. The molecule has 330 valence electrons. The average molecular weight is 895 g/mol. The minimum Gasteiger partial charge on any atom is -0.309 e. The summed E-state index contributed by atoms with van der Waals surface area (Å²) in [4.78, 5) is 14.7. The largest absolute Gasteiger partial charge is 0.416 e. The molecule has 10 aromatic rings. The molecule has 10 heteroatoms. The van der Waals surface area contributed by atoms with E-state index in [9.17, 15) is 26.3 Å². The Morgan fingerprint density at radius 1 is 0.358 bits per heavy atom. The van der Waals surface area contributed by atoms with Crippen molar-refractivity contribution >= 4 is 21.8 Å². The number of hydrogen-bond acceptors (Lipinski definition) is 3. The molecule has 8 aromatic carbocycles. The van der Waals surface area contributed by atoms with Crippen LogP contribution in [0.25, 0.3) is 95.0 Å². The van der Waals surface area contributed by atoms with Gasteiger partial charge in [-0.15, -0.1) is 0 Å². The first-order valence-electron chi connectivity index (χ1n) is 21.6. The third-order valence-electron chi connectivity index (χ3n) is 12.2. The van der Waals surface area contributed by atoms with Crippen molar-refractivity contribution in [1.29, 1.82) is 0 Å². The van der Waals surface area contributed by atoms with Crippen LogP contribution in [0.2, 0.25) is 0 Å². The van der Waals surface area contributed by atoms with Crippen LogP contribution in [0, 0.1) is 27.7 Å². The Labute approximate surface area is 382 Å². The number of alkyl halides is 6. The van der Waals surface area contributed by atoms with Crippen LogP contribution in [0.15, 0.2) is 170 Å². The van der Waals surface area contributed by atoms with Gasteiger partial charge in [0.05, 0.1) is 27.8 Å². The second-order valence-electron chi connectivity index (χ2n) is 17.0. The molecule has 0 unspecified atom stereocenters. The molecule has 0 N–H and O–H groups in total. The van der Waals surface area contributed by atoms with Crippen LogP contribution < -0.4 is 0 Å². The Morgan fingerprint density at radius 2 is 0.776 bits per heavy atom. The van der Waals surface area contributed by atoms with E-state index in [1.165, 1.54) is 0 Å². The summed E-state index contributed by atoms with van der Waals surface area (Å²) in [6, 6.07) is 50.1. The van der Waals surface area contributed by atoms with E-state index in [1.54, 1.807) is 18.2 Å². The topological polar surface area (TPSA) is 43.6 Å². The molecule has 0 spiro atoms. The van der Waals surface area contributed by atoms with Crippen LogP contribution in [-0.2, 0) is 12.4 Å². The van der Waals surface area contributed by atoms with Gasteiger partial charge in [0.2, 0.25) is 0 Å². The Kier molecular flexibility index (Phi) is 10.6. The van der Waals surface area contributed by atoms with Crippen LogP contribution >= 0.6 is 0 Å². The van der Waals surface area contributed by atoms with E-state index in [0.29, 0.717) is 33.9 Å². The number of rotatable bonds is 7. The molecule has 0 amide bonds. The quantitative estimate of drug-likeness (QED) is 0.150. The molecule has 0 atom stereocenters. The zero-order chi connectivity index (χ0) is 46.8. The molecule has 0 aliphatic carbocycles. The smallest absolute Gasteiger partial charge is 0.309 e. The van der Waals surface area contributed by atoms with Crippen molar-refractivity contribution in [3.05, 3.63) is 203 Å². The van der Waals surface area contributed by atoms with Crippen LogP contribution in [-0.4, -0.2) is 19.5 Å². The fourth-order valence-corrected chi connectivity index (χ4v) is 9.04. The molecule has 0 aliphatic rings. The van der Waals surface area contributed by atoms with Crippen molar-refractivity contribution in [2.24, 2.45) is 0 Å². The second kappa shape index (κ2) is 16.5. The van der Waals surface area contributed by atoms with Crippen molar-refractivity contribution in [3.63, 3.8) is 0 Å². The fourth-order valence-electron chi connectivity index (χ4n) is 9.04. The van der Waals surface area contributed by atoms with E-state index < -0.39 is 23.5 Å². The number of fused-ring (bicyclic) bond motifs is 3. The highest BCUT2D eigenvalue weighted by Crippen LogP contribution is 2.44. The third-order valence-corrected chi connectivity index (χ3v) is 12.2. The maximum Gasteiger partial charge on any atom is 0.416 e. The lowest BCUT2D eigenvalue weighted by atomic mass is 9.95. The summed E-state index contributed by atoms with van der Waals surface area (Å²) >= 11 is 0. The van der Waals surface area contributed by atoms with Gasteiger partial charge in [0.15, 0.2) is 17.5 Å². The number of benzene rings is 8. The van der Waals surface area contributed by atoms with Crippen molar-refractivity contribution in [1.82, 2.24) is 19.5 Å². The highest BCUT2D eigenvalue weighted by atomic mass is 19.4. The van der Waals surface area contributed by atoms with E-state index in [0.717, 1.165) is 78.5 Å². The van der Waals surface area contributed by atoms with Gasteiger partial charge in [-0.25, -0.2) is 15.0 Å². The van der Waals surface area contributed by atoms with Crippen molar-refractivity contribution < 1.29 is 26.3 Å². The van der Waals surface area contributed by atoms with E-state index in [4.69, 9.17) is 15.0 Å². The van der Waals surface area contributed by atoms with Gasteiger partial charge in [0, 0.05) is 33.0 Å². The highest BCUT2D eigenvalue weighted by Gasteiger charge is 2.37. The Balaban J connectivity index is 1.30. The Morgan fingerprint density at radius 3 is 1.21 bits per heavy atom. The van der Waals surface area contributed by atoms with Gasteiger partial charge in [0.25, 0.3) is 0 Å². The number of aryl methyl sites for hydroxylation is 4. The SMILES string of the molecule is Cc1ccc(-c2ccc3c(c2)c2cc(-c4ccc(C)cc4C)ccc2n3-c2cc(-c3nc(-c4ccccc4)nc(-c4ccccc4)n3)ccc2-c2cc(C(F)(F)F)cc(C(F)(F)F)c2)c(C)c1. The molecule has 0 bridgehead atoms. The van der Waals surface area contributed by atoms with E-state index in [2.05, 4.69) is 62.4 Å². The Hall–Kier alpha value is -7.85. The van der Waals surface area contributed by atoms with Crippen molar-refractivity contribution in [2.45, 2.75) is 40.0 Å². The molecule has 0 saturated carbocycles. The van der Waals surface area contributed by atoms with Gasteiger partial charge in [-0.3, -0.25) is 0 Å². The molecule has 67 heavy (non-hydrogen) atoms. The molecule has 2 aromatic heterocycles. The van der Waals surface area contributed by atoms with E-state index in [1.807, 2.05) is 103 Å². The molecule has 0 aliphatic heterocycles. The fraction of sp³-hybridized carbons (Fsp3) is 0.105. The summed E-state index contributed by atoms with van der Waals surface area (Å²) in [6.45, 7) is 8.20. The van der Waals surface area contributed by atoms with Gasteiger partial charge in [-0.05, 0) is 115 Å². The Bertz CT molecular complexity index is 3340. The summed E-state index contributed by atoms with van der Waals surface area (Å²) in [5.41, 5.74) is 9.05. The maximum absolute atomic E-state index is 14.5. The first-order chi connectivity index (χ1) is 32.1. The molecular weight excluding hydrogens is 855 g/mol. The van der Waals surface area contributed by atoms with E-state index in [-0.39, 0.29) is 23.0 Å². The van der Waals surface area contributed by atoms with Crippen molar-refractivity contribution in [3.8, 4) is 73.2 Å². The molecule has 4 nitrogen and oxygen atoms in total. The van der Waals surface area contributed by atoms with Crippen molar-refractivity contribution in [2.75, 3.05) is 0 Å². The minimum atomic E-state index is -5.06. The van der Waals surface area contributed by atoms with Gasteiger partial charge in [0.1, 0.15) is 0 Å². The van der Waals surface area contributed by atoms with Gasteiger partial charge < -0.3 is 4.57 Å². The van der Waals surface area contributed by atoms with Gasteiger partial charge in [-0.1, -0.05) is 132 Å². The number of hydrogen-bond donors (Lipinski definition) is 0. The third kappa shape index (κ3) is 8.24. The molecule has 10 rings (SSSR count). The first-order valence-corrected chi connectivity index (χ1v) is 21.6. The minimum absolute atomic E-state index is 0.136. The standard InChI is InChI=1S/C57H40F6N4/c1-33-15-20-45(35(3)25-33)39-18-23-50-48(29-39)49-30-40(46-21-16-34(2)26-36(46)4)19-24-51(49)67(50)52-31-41(17-22-47(52)42-27-43(56(58,59)60)32-44(28-42)57(61,62)63)55-65-53(37-11-7-5-8-12-37)64-54(66-55)38-13-9-6-10-14-38/h5-32H,1-4H3. The van der Waals surface area contributed by atoms with Crippen LogP contribution in [0.5, 0.6) is 0 Å². The summed E-state index contributed by atoms with van der Waals surface area (Å²) < 4.78 is 89.2. The monoisotopic (exact) mass is 894 g/mol. The van der Waals surface area contributed by atoms with E-state index >= 15 is 0 Å². The summed E-state index contributed by atoms with van der Waals surface area (Å²) in [5.74, 6) is 1.03. The lowest BCUT2D eigenvalue weighted by Crippen LogP contribution is -2.11. The van der Waals surface area contributed by atoms with Gasteiger partial charge >= 0.3 is 12.4 Å². The van der Waals surface area contributed by atoms with Crippen LogP contribution in [0.4, 0.5) is 26.3 Å². The molecule has 0 fully saturated rings. The number of halogens is 6. The predicted molar refractivity (Wildman–Crippen MR) is 256 cm³/mol. The van der Waals surface area contributed by atoms with Crippen LogP contribution in [0.1, 0.15) is 33.4 Å². The predicted octanol–water partition coefficient (Wildman–Crippen LogP) is 16.2. The summed E-state index contributed by atoms with van der Waals surface area (Å²) in [6.07, 6.45) is -10.1. The molecule has 0 radical (unpaired) electrons. The zero-order valence-corrected chi connectivity index (χ0v) is 36.7. The highest BCUT2D eigenvalue weighted by molar-refractivity contribution is 6.12. The zero-order valence-electron chi connectivity index (χ0n) is 36.7. The lowest BCUT2D eigenvalue weighted by molar-refractivity contribution is -0.143. The maximum atomic E-state index is 14.5. The molecular formula is C57H40F6N4. The summed E-state index contributed by atoms with van der Waals surface area (Å²) in [5, 5.41) is 1.68. The number of nitrogens with zero attached hydrogens (tertiary/aromatic N) is 4. The van der Waals surface area contributed by atoms with Crippen LogP contribution in [0.3, 0.4) is 0 Å². The first kappa shape index (κ1) is 43.1. The lowest BCUT2D eigenvalue weighted by Gasteiger charge is -2.19. The van der Waals surface area contributed by atoms with Gasteiger partial charge in [-0.2, -0.15) is 26.3 Å². The number of aromatic nitrogens is 4. The molecule has 0 saturated heterocycles.